The summed E-state index contributed by atoms with van der Waals surface area (Å²) in [6.45, 7) is 2.00. The highest BCUT2D eigenvalue weighted by atomic mass is 35.5. The predicted octanol–water partition coefficient (Wildman–Crippen LogP) is 2.34. The first kappa shape index (κ1) is 23.6. The van der Waals surface area contributed by atoms with Gasteiger partial charge in [0.2, 0.25) is 5.91 Å². The highest BCUT2D eigenvalue weighted by Crippen LogP contribution is 2.15. The van der Waals surface area contributed by atoms with Gasteiger partial charge in [-0.15, -0.1) is 12.4 Å². The minimum Gasteiger partial charge on any atom is -0.335 e. The molecule has 1 atom stereocenters. The van der Waals surface area contributed by atoms with Crippen molar-refractivity contribution in [2.45, 2.75) is 31.3 Å². The van der Waals surface area contributed by atoms with Crippen LogP contribution in [0.15, 0.2) is 24.3 Å². The largest absolute Gasteiger partial charge is 0.335 e. The van der Waals surface area contributed by atoms with E-state index in [4.69, 9.17) is 5.73 Å². The summed E-state index contributed by atoms with van der Waals surface area (Å²) in [5.41, 5.74) is 7.19. The van der Waals surface area contributed by atoms with Gasteiger partial charge in [-0.3, -0.25) is 4.79 Å². The zero-order valence-electron chi connectivity index (χ0n) is 15.9. The van der Waals surface area contributed by atoms with E-state index in [1.807, 2.05) is 6.26 Å². The second kappa shape index (κ2) is 12.1. The minimum absolute atomic E-state index is 0. The molecule has 0 saturated carbocycles. The van der Waals surface area contributed by atoms with E-state index in [0.29, 0.717) is 17.8 Å². The van der Waals surface area contributed by atoms with E-state index in [1.54, 1.807) is 36.0 Å². The number of thioether (sulfide) groups is 1. The Hall–Kier alpha value is -1.48. The van der Waals surface area contributed by atoms with E-state index in [0.717, 1.165) is 31.7 Å². The van der Waals surface area contributed by atoms with Crippen molar-refractivity contribution in [3.05, 3.63) is 24.3 Å². The van der Waals surface area contributed by atoms with Gasteiger partial charge in [-0.1, -0.05) is 0 Å². The molecule has 5 N–H and O–H groups in total. The smallest absolute Gasteiger partial charge is 0.319 e. The lowest BCUT2D eigenvalue weighted by Crippen LogP contribution is -2.44. The lowest BCUT2D eigenvalue weighted by molar-refractivity contribution is -0.117. The molecule has 1 saturated heterocycles. The lowest BCUT2D eigenvalue weighted by Gasteiger charge is -2.29. The van der Waals surface area contributed by atoms with Crippen LogP contribution < -0.4 is 21.7 Å². The highest BCUT2D eigenvalue weighted by molar-refractivity contribution is 7.98. The average Bonchev–Trinajstić information content (AvgIpc) is 2.63. The van der Waals surface area contributed by atoms with Crippen LogP contribution in [0.3, 0.4) is 0 Å². The minimum atomic E-state index is -0.513. The Morgan fingerprint density at radius 3 is 2.30 bits per heavy atom. The van der Waals surface area contributed by atoms with Crippen LogP contribution >= 0.6 is 24.2 Å². The molecule has 7 nitrogen and oxygen atoms in total. The van der Waals surface area contributed by atoms with E-state index in [9.17, 15) is 9.59 Å². The Morgan fingerprint density at radius 1 is 1.19 bits per heavy atom. The third-order valence-electron chi connectivity index (χ3n) is 4.43. The van der Waals surface area contributed by atoms with Gasteiger partial charge in [-0.05, 0) is 75.7 Å². The summed E-state index contributed by atoms with van der Waals surface area (Å²) in [5.74, 6) is 0.656. The molecule has 0 spiro atoms. The number of benzene rings is 1. The molecule has 3 amide bonds. The summed E-state index contributed by atoms with van der Waals surface area (Å²) in [5, 5.41) is 8.63. The molecule has 27 heavy (non-hydrogen) atoms. The predicted molar refractivity (Wildman–Crippen MR) is 116 cm³/mol. The second-order valence-corrected chi connectivity index (χ2v) is 7.62. The molecular weight excluding hydrogens is 386 g/mol. The van der Waals surface area contributed by atoms with Crippen LogP contribution in [0, 0.1) is 0 Å². The summed E-state index contributed by atoms with van der Waals surface area (Å²) >= 11 is 1.67. The standard InChI is InChI=1S/C18H29N5O2S.ClH/c1-23-10-7-15(8-11-23)22-18(25)21-14-5-3-13(4-6-14)20-17(24)16(19)9-12-26-2;/h3-6,15-16H,7-12,19H2,1-2H3,(H,20,24)(H2,21,22,25);1H/t16-;/m0./s1. The zero-order chi connectivity index (χ0) is 18.9. The zero-order valence-corrected chi connectivity index (χ0v) is 17.5. The number of hydrogen-bond donors (Lipinski definition) is 4. The van der Waals surface area contributed by atoms with E-state index >= 15 is 0 Å². The summed E-state index contributed by atoms with van der Waals surface area (Å²) in [6, 6.07) is 6.53. The lowest BCUT2D eigenvalue weighted by atomic mass is 10.1. The van der Waals surface area contributed by atoms with Gasteiger partial charge < -0.3 is 26.6 Å². The van der Waals surface area contributed by atoms with Crippen molar-refractivity contribution >= 4 is 47.5 Å². The van der Waals surface area contributed by atoms with Crippen molar-refractivity contribution < 1.29 is 9.59 Å². The Labute approximate surface area is 171 Å². The molecule has 0 aliphatic carbocycles. The topological polar surface area (TPSA) is 99.5 Å². The van der Waals surface area contributed by atoms with E-state index in [1.165, 1.54) is 0 Å². The van der Waals surface area contributed by atoms with Gasteiger partial charge in [0.25, 0.3) is 0 Å². The number of halogens is 1. The van der Waals surface area contributed by atoms with E-state index in [-0.39, 0.29) is 30.4 Å². The average molecular weight is 416 g/mol. The number of piperidine rings is 1. The van der Waals surface area contributed by atoms with Crippen LogP contribution in [0.2, 0.25) is 0 Å². The van der Waals surface area contributed by atoms with Crippen LogP contribution in [0.5, 0.6) is 0 Å². The summed E-state index contributed by atoms with van der Waals surface area (Å²) < 4.78 is 0. The highest BCUT2D eigenvalue weighted by Gasteiger charge is 2.18. The number of rotatable bonds is 7. The number of nitrogens with zero attached hydrogens (tertiary/aromatic N) is 1. The number of amides is 3. The van der Waals surface area contributed by atoms with Crippen molar-refractivity contribution in [1.82, 2.24) is 10.2 Å². The van der Waals surface area contributed by atoms with Crippen LogP contribution in [-0.2, 0) is 4.79 Å². The van der Waals surface area contributed by atoms with Crippen molar-refractivity contribution in [3.63, 3.8) is 0 Å². The van der Waals surface area contributed by atoms with Crippen LogP contribution in [0.25, 0.3) is 0 Å². The Kier molecular flexibility index (Phi) is 10.5. The third kappa shape index (κ3) is 8.38. The summed E-state index contributed by atoms with van der Waals surface area (Å²) in [4.78, 5) is 26.3. The fourth-order valence-electron chi connectivity index (χ4n) is 2.75. The fourth-order valence-corrected chi connectivity index (χ4v) is 3.24. The van der Waals surface area contributed by atoms with Crippen LogP contribution in [0.1, 0.15) is 19.3 Å². The normalized spacial score (nSPS) is 16.1. The first-order valence-corrected chi connectivity index (χ1v) is 10.3. The molecule has 1 fully saturated rings. The maximum atomic E-state index is 12.1. The monoisotopic (exact) mass is 415 g/mol. The van der Waals surface area contributed by atoms with Crippen molar-refractivity contribution in [2.75, 3.05) is 42.8 Å². The number of anilines is 2. The molecule has 2 rings (SSSR count). The number of urea groups is 1. The quantitative estimate of drug-likeness (QED) is 0.547. The van der Waals surface area contributed by atoms with Crippen LogP contribution in [-0.4, -0.2) is 61.1 Å². The Morgan fingerprint density at radius 2 is 1.74 bits per heavy atom. The van der Waals surface area contributed by atoms with E-state index < -0.39 is 6.04 Å². The van der Waals surface area contributed by atoms with Gasteiger partial charge in [-0.2, -0.15) is 11.8 Å². The number of carbonyl (C=O) groups excluding carboxylic acids is 2. The van der Waals surface area contributed by atoms with Gasteiger partial charge >= 0.3 is 6.03 Å². The first-order chi connectivity index (χ1) is 12.5. The molecule has 0 radical (unpaired) electrons. The van der Waals surface area contributed by atoms with Crippen molar-refractivity contribution in [2.24, 2.45) is 5.73 Å². The van der Waals surface area contributed by atoms with Gasteiger partial charge in [-0.25, -0.2) is 4.79 Å². The van der Waals surface area contributed by atoms with Crippen molar-refractivity contribution in [3.8, 4) is 0 Å². The van der Waals surface area contributed by atoms with Gasteiger partial charge in [0.1, 0.15) is 0 Å². The number of nitrogens with one attached hydrogen (secondary N) is 3. The molecule has 1 aliphatic rings. The van der Waals surface area contributed by atoms with Crippen LogP contribution in [0.4, 0.5) is 16.2 Å². The molecule has 0 bridgehead atoms. The van der Waals surface area contributed by atoms with Crippen molar-refractivity contribution in [1.29, 1.82) is 0 Å². The molecule has 1 aliphatic heterocycles. The number of nitrogens with two attached hydrogens (primary N) is 1. The maximum Gasteiger partial charge on any atom is 0.319 e. The Bertz CT molecular complexity index is 594. The fraction of sp³-hybridized carbons (Fsp3) is 0.556. The molecule has 152 valence electrons. The molecule has 0 unspecified atom stereocenters. The summed E-state index contributed by atoms with van der Waals surface area (Å²) in [7, 11) is 2.09. The molecule has 0 aromatic heterocycles. The Balaban J connectivity index is 0.00000364. The summed E-state index contributed by atoms with van der Waals surface area (Å²) in [6.07, 6.45) is 4.56. The molecule has 1 aromatic carbocycles. The second-order valence-electron chi connectivity index (χ2n) is 6.63. The van der Waals surface area contributed by atoms with Gasteiger partial charge in [0.05, 0.1) is 6.04 Å². The van der Waals surface area contributed by atoms with Gasteiger partial charge in [0, 0.05) is 17.4 Å². The SMILES string of the molecule is CSCC[C@H](N)C(=O)Nc1ccc(NC(=O)NC2CCN(C)CC2)cc1.Cl. The van der Waals surface area contributed by atoms with E-state index in [2.05, 4.69) is 27.9 Å². The number of likely N-dealkylation sites (tertiary alicyclic amines) is 1. The molecule has 1 heterocycles. The molecule has 1 aromatic rings. The number of carbonyl (C=O) groups is 2. The maximum absolute atomic E-state index is 12.1. The molecule has 9 heteroatoms. The van der Waals surface area contributed by atoms with Gasteiger partial charge in [0.15, 0.2) is 0 Å². The molecular formula is C18H30ClN5O2S. The third-order valence-corrected chi connectivity index (χ3v) is 5.08. The first-order valence-electron chi connectivity index (χ1n) is 8.89. The number of hydrogen-bond acceptors (Lipinski definition) is 5.